The van der Waals surface area contributed by atoms with Crippen molar-refractivity contribution in [3.05, 3.63) is 35.9 Å². The Morgan fingerprint density at radius 1 is 0.907 bits per heavy atom. The van der Waals surface area contributed by atoms with E-state index in [0.717, 1.165) is 19.6 Å². The molecule has 18 nitrogen and oxygen atoms in total. The number of likely N-dealkylation sites (tertiary alicyclic amines) is 1. The van der Waals surface area contributed by atoms with Gasteiger partial charge in [0, 0.05) is 69.5 Å². The third-order valence-corrected chi connectivity index (χ3v) is 17.0. The molecule has 0 radical (unpaired) electrons. The molecule has 1 aromatic carbocycles. The molecule has 0 bridgehead atoms. The first-order chi connectivity index (χ1) is 34.9. The Kier molecular flexibility index (Phi) is 24.6. The Morgan fingerprint density at radius 3 is 2.11 bits per heavy atom. The van der Waals surface area contributed by atoms with Crippen molar-refractivity contribution in [1.82, 2.24) is 14.7 Å². The van der Waals surface area contributed by atoms with E-state index in [2.05, 4.69) is 43.1 Å². The van der Waals surface area contributed by atoms with Crippen LogP contribution in [0.5, 0.6) is 0 Å². The number of aliphatic hydroxyl groups is 6. The van der Waals surface area contributed by atoms with Crippen LogP contribution in [-0.2, 0) is 49.4 Å². The van der Waals surface area contributed by atoms with Crippen LogP contribution in [0.2, 0.25) is 0 Å². The highest BCUT2D eigenvalue weighted by Gasteiger charge is 2.53. The molecule has 1 aromatic rings. The standard InChI is InChI=1S/C44H82N2O14.C13H19NO/c1-16-33-44(12,54)37(50)28(7)45(13)21-23(2)19-42(10,53)39(60-41-35(49)32(18-25(4)56-41)46(14)22-31(29(8)48)17-24(3)47)26(5)36(27(6)40(52)58-33)59-34-20-43(11,55-15)38(51)30(9)57-34;1-11-8-13(9-14(11)2)15-10-12-6-4-3-5-7-12/h23,25-39,41,48-51,53-54H,16-22H2,1-15H3;3-7,11,13H,8-10H2,1-2H3/t23-,25-,26+,27-,28-,29+,30+,31?,32+,33-,34+,35-,36+,37-,38+,39-,41+,42-,43-,44-;11-,13-/m11/s1. The van der Waals surface area contributed by atoms with E-state index in [9.17, 15) is 40.2 Å². The van der Waals surface area contributed by atoms with Crippen molar-refractivity contribution in [2.45, 2.75) is 244 Å². The Bertz CT molecular complexity index is 1870. The van der Waals surface area contributed by atoms with Gasteiger partial charge in [0.05, 0.1) is 60.4 Å². The minimum absolute atomic E-state index is 0.0512. The van der Waals surface area contributed by atoms with Gasteiger partial charge in [0.15, 0.2) is 12.6 Å². The van der Waals surface area contributed by atoms with Gasteiger partial charge in [-0.05, 0) is 128 Å². The van der Waals surface area contributed by atoms with Crippen LogP contribution in [0, 0.1) is 23.7 Å². The topological polar surface area (TPSA) is 230 Å². The fraction of sp³-hybridized carbons (Fsp3) is 0.860. The van der Waals surface area contributed by atoms with Crippen molar-refractivity contribution >= 4 is 11.8 Å². The maximum atomic E-state index is 14.4. The molecule has 5 rings (SSSR count). The first kappa shape index (κ1) is 65.3. The van der Waals surface area contributed by atoms with Gasteiger partial charge in [-0.3, -0.25) is 4.79 Å². The number of cyclic esters (lactones) is 1. The number of Topliss-reactive ketones (excluding diaryl/α,β-unsaturated/α-hetero) is 1. The molecule has 4 heterocycles. The Labute approximate surface area is 449 Å². The van der Waals surface area contributed by atoms with E-state index in [1.165, 1.54) is 26.5 Å². The van der Waals surface area contributed by atoms with Crippen LogP contribution in [0.3, 0.4) is 0 Å². The normalized spacial score (nSPS) is 41.9. The number of hydrogen-bond acceptors (Lipinski definition) is 18. The summed E-state index contributed by atoms with van der Waals surface area (Å²) >= 11 is 0. The zero-order valence-corrected chi connectivity index (χ0v) is 48.6. The first-order valence-corrected chi connectivity index (χ1v) is 27.7. The van der Waals surface area contributed by atoms with Crippen molar-refractivity contribution in [1.29, 1.82) is 0 Å². The maximum absolute atomic E-state index is 14.4. The zero-order chi connectivity index (χ0) is 56.5. The summed E-state index contributed by atoms with van der Waals surface area (Å²) in [6.07, 6.45) is -8.38. The molecule has 0 amide bonds. The molecule has 0 spiro atoms. The van der Waals surface area contributed by atoms with E-state index >= 15 is 0 Å². The number of nitrogens with zero attached hydrogens (tertiary/aromatic N) is 3. The van der Waals surface area contributed by atoms with Gasteiger partial charge in [-0.15, -0.1) is 0 Å². The summed E-state index contributed by atoms with van der Waals surface area (Å²) in [6.45, 7) is 25.3. The number of ketones is 1. The van der Waals surface area contributed by atoms with Crippen molar-refractivity contribution in [2.24, 2.45) is 23.7 Å². The molecule has 4 saturated heterocycles. The molecule has 4 aliphatic heterocycles. The van der Waals surface area contributed by atoms with Gasteiger partial charge < -0.3 is 83.3 Å². The fourth-order valence-electron chi connectivity index (χ4n) is 12.0. The van der Waals surface area contributed by atoms with Crippen LogP contribution in [0.1, 0.15) is 134 Å². The number of carbonyl (C=O) groups excluding carboxylic acids is 2. The maximum Gasteiger partial charge on any atom is 0.311 e. The van der Waals surface area contributed by atoms with Crippen molar-refractivity contribution in [3.8, 4) is 0 Å². The number of ether oxygens (including phenoxy) is 7. The molecule has 4 aliphatic rings. The summed E-state index contributed by atoms with van der Waals surface area (Å²) in [4.78, 5) is 32.6. The molecule has 0 aromatic heterocycles. The van der Waals surface area contributed by atoms with Crippen LogP contribution in [0.25, 0.3) is 0 Å². The highest BCUT2D eigenvalue weighted by Crippen LogP contribution is 2.40. The first-order valence-electron chi connectivity index (χ1n) is 27.7. The summed E-state index contributed by atoms with van der Waals surface area (Å²) in [5, 5.41) is 69.6. The zero-order valence-electron chi connectivity index (χ0n) is 48.6. The third-order valence-electron chi connectivity index (χ3n) is 17.0. The monoisotopic (exact) mass is 1070 g/mol. The smallest absolute Gasteiger partial charge is 0.311 e. The predicted molar refractivity (Wildman–Crippen MR) is 285 cm³/mol. The number of aliphatic hydroxyl groups excluding tert-OH is 4. The molecule has 6 N–H and O–H groups in total. The average molecular weight is 1070 g/mol. The van der Waals surface area contributed by atoms with E-state index in [1.54, 1.807) is 55.4 Å². The second-order valence-electron chi connectivity index (χ2n) is 24.0. The highest BCUT2D eigenvalue weighted by atomic mass is 16.7. The molecule has 4 fully saturated rings. The Hall–Kier alpha value is -2.24. The molecule has 75 heavy (non-hydrogen) atoms. The predicted octanol–water partition coefficient (Wildman–Crippen LogP) is 4.54. The summed E-state index contributed by atoms with van der Waals surface area (Å²) in [6, 6.07) is 9.95. The number of esters is 1. The van der Waals surface area contributed by atoms with E-state index < -0.39 is 114 Å². The Morgan fingerprint density at radius 2 is 1.55 bits per heavy atom. The fourth-order valence-corrected chi connectivity index (χ4v) is 12.0. The lowest BCUT2D eigenvalue weighted by Gasteiger charge is -2.49. The summed E-state index contributed by atoms with van der Waals surface area (Å²) in [5.41, 5.74) is -3.29. The van der Waals surface area contributed by atoms with Gasteiger partial charge in [0.1, 0.15) is 35.8 Å². The second-order valence-corrected chi connectivity index (χ2v) is 24.0. The molecule has 22 atom stereocenters. The average Bonchev–Trinajstić information content (AvgIpc) is 3.67. The van der Waals surface area contributed by atoms with E-state index in [0.29, 0.717) is 31.7 Å². The number of rotatable bonds is 15. The summed E-state index contributed by atoms with van der Waals surface area (Å²) < 4.78 is 43.8. The van der Waals surface area contributed by atoms with Gasteiger partial charge in [0.2, 0.25) is 0 Å². The molecule has 0 aliphatic carbocycles. The van der Waals surface area contributed by atoms with Crippen LogP contribution in [-0.4, -0.2) is 214 Å². The van der Waals surface area contributed by atoms with Crippen LogP contribution in [0.15, 0.2) is 30.3 Å². The lowest BCUT2D eigenvalue weighted by molar-refractivity contribution is -0.318. The van der Waals surface area contributed by atoms with Crippen LogP contribution >= 0.6 is 0 Å². The largest absolute Gasteiger partial charge is 0.459 e. The molecular weight excluding hydrogens is 967 g/mol. The van der Waals surface area contributed by atoms with Crippen LogP contribution < -0.4 is 0 Å². The molecule has 0 saturated carbocycles. The summed E-state index contributed by atoms with van der Waals surface area (Å²) in [7, 11) is 7.30. The van der Waals surface area contributed by atoms with Gasteiger partial charge in [-0.1, -0.05) is 51.1 Å². The SMILES string of the molecule is CC[C@H]1OC(=O)[C@H](C)[C@@H](O[C@H]2C[C@@](C)(OC)[C@@H](O)[C@H](C)O2)[C@H](C)[C@@H](O[C@@H]2O[C@H](C)C[C@H](N(C)CC(CC(C)=O)[C@H](C)O)[C@H]2O)[C@](C)(O)C[C@@H](C)CN(C)[C@H](C)[C@@H](O)[C@]1(C)O.C[C@@H]1C[C@@H](OCc2ccccc2)CN1C. The van der Waals surface area contributed by atoms with Crippen LogP contribution in [0.4, 0.5) is 0 Å². The number of methoxy groups -OCH3 is 1. The number of likely N-dealkylation sites (N-methyl/N-ethyl adjacent to an activating group) is 3. The van der Waals surface area contributed by atoms with Gasteiger partial charge in [-0.25, -0.2) is 0 Å². The van der Waals surface area contributed by atoms with Gasteiger partial charge in [-0.2, -0.15) is 0 Å². The second kappa shape index (κ2) is 28.3. The quantitative estimate of drug-likeness (QED) is 0.133. The minimum atomic E-state index is -1.84. The van der Waals surface area contributed by atoms with Crippen molar-refractivity contribution in [3.63, 3.8) is 0 Å². The van der Waals surface area contributed by atoms with E-state index in [1.807, 2.05) is 43.8 Å². The van der Waals surface area contributed by atoms with Crippen molar-refractivity contribution < 1.29 is 73.4 Å². The minimum Gasteiger partial charge on any atom is -0.459 e. The van der Waals surface area contributed by atoms with E-state index in [4.69, 9.17) is 33.2 Å². The summed E-state index contributed by atoms with van der Waals surface area (Å²) in [5.74, 6) is -3.25. The number of hydrogen-bond donors (Lipinski definition) is 6. The molecular formula is C57H101N3O15. The number of carbonyl (C=O) groups is 2. The Balaban J connectivity index is 0.000000686. The van der Waals surface area contributed by atoms with Crippen molar-refractivity contribution in [2.75, 3.05) is 47.9 Å². The lowest BCUT2D eigenvalue weighted by Crippen LogP contribution is -2.61. The number of benzene rings is 1. The third kappa shape index (κ3) is 17.4. The molecule has 1 unspecified atom stereocenters. The highest BCUT2D eigenvalue weighted by molar-refractivity contribution is 5.75. The lowest BCUT2D eigenvalue weighted by atomic mass is 9.77. The molecule has 434 valence electrons. The van der Waals surface area contributed by atoms with E-state index in [-0.39, 0.29) is 43.3 Å². The van der Waals surface area contributed by atoms with Gasteiger partial charge >= 0.3 is 5.97 Å². The van der Waals surface area contributed by atoms with Gasteiger partial charge in [0.25, 0.3) is 0 Å². The molecule has 18 heteroatoms.